The standard InChI is InChI=1S/C11H14F2N2O2/c1-17-8(6-14)5-11(16)15-10-3-2-7(12)4-9(10)13/h2-4,8H,5-6,14H2,1H3,(H,15,16). The molecule has 6 heteroatoms. The number of nitrogens with one attached hydrogen (secondary N) is 1. The number of hydrogen-bond acceptors (Lipinski definition) is 3. The number of amides is 1. The summed E-state index contributed by atoms with van der Waals surface area (Å²) in [5.41, 5.74) is 5.28. The highest BCUT2D eigenvalue weighted by Gasteiger charge is 2.13. The van der Waals surface area contributed by atoms with E-state index in [1.54, 1.807) is 0 Å². The Labute approximate surface area is 97.8 Å². The van der Waals surface area contributed by atoms with E-state index in [1.165, 1.54) is 7.11 Å². The number of halogens is 2. The van der Waals surface area contributed by atoms with E-state index < -0.39 is 23.6 Å². The van der Waals surface area contributed by atoms with Gasteiger partial charge in [0.25, 0.3) is 0 Å². The van der Waals surface area contributed by atoms with E-state index in [2.05, 4.69) is 5.32 Å². The van der Waals surface area contributed by atoms with Crippen molar-refractivity contribution < 1.29 is 18.3 Å². The van der Waals surface area contributed by atoms with Gasteiger partial charge in [0.2, 0.25) is 5.91 Å². The van der Waals surface area contributed by atoms with Crippen LogP contribution in [0.3, 0.4) is 0 Å². The van der Waals surface area contributed by atoms with Gasteiger partial charge in [0, 0.05) is 19.7 Å². The monoisotopic (exact) mass is 244 g/mol. The first-order chi connectivity index (χ1) is 8.06. The number of nitrogens with two attached hydrogens (primary N) is 1. The largest absolute Gasteiger partial charge is 0.380 e. The van der Waals surface area contributed by atoms with Crippen LogP contribution in [0.15, 0.2) is 18.2 Å². The number of carbonyl (C=O) groups excluding carboxylic acids is 1. The molecule has 1 unspecified atom stereocenters. The van der Waals surface area contributed by atoms with Crippen LogP contribution in [-0.2, 0) is 9.53 Å². The molecule has 0 saturated heterocycles. The molecule has 0 aromatic heterocycles. The first-order valence-electron chi connectivity index (χ1n) is 5.04. The molecule has 0 spiro atoms. The fourth-order valence-electron chi connectivity index (χ4n) is 1.26. The minimum Gasteiger partial charge on any atom is -0.380 e. The Morgan fingerprint density at radius 3 is 2.76 bits per heavy atom. The van der Waals surface area contributed by atoms with Crippen molar-refractivity contribution >= 4 is 11.6 Å². The van der Waals surface area contributed by atoms with Crippen LogP contribution in [-0.4, -0.2) is 25.7 Å². The second-order valence-electron chi connectivity index (χ2n) is 3.47. The molecular formula is C11H14F2N2O2. The van der Waals surface area contributed by atoms with Crippen LogP contribution in [0.25, 0.3) is 0 Å². The number of carbonyl (C=O) groups is 1. The highest BCUT2D eigenvalue weighted by atomic mass is 19.1. The van der Waals surface area contributed by atoms with Crippen molar-refractivity contribution in [2.75, 3.05) is 19.0 Å². The van der Waals surface area contributed by atoms with E-state index in [9.17, 15) is 13.6 Å². The molecule has 4 nitrogen and oxygen atoms in total. The lowest BCUT2D eigenvalue weighted by atomic mass is 10.2. The molecular weight excluding hydrogens is 230 g/mol. The van der Waals surface area contributed by atoms with Gasteiger partial charge in [-0.25, -0.2) is 8.78 Å². The Hall–Kier alpha value is -1.53. The summed E-state index contributed by atoms with van der Waals surface area (Å²) in [6.07, 6.45) is -0.400. The summed E-state index contributed by atoms with van der Waals surface area (Å²) in [4.78, 5) is 11.5. The van der Waals surface area contributed by atoms with Gasteiger partial charge >= 0.3 is 0 Å². The third-order valence-corrected chi connectivity index (χ3v) is 2.21. The summed E-state index contributed by atoms with van der Waals surface area (Å²) in [5.74, 6) is -1.95. The third-order valence-electron chi connectivity index (χ3n) is 2.21. The SMILES string of the molecule is COC(CN)CC(=O)Nc1ccc(F)cc1F. The Balaban J connectivity index is 2.62. The van der Waals surface area contributed by atoms with Crippen molar-refractivity contribution in [3.05, 3.63) is 29.8 Å². The minimum atomic E-state index is -0.819. The van der Waals surface area contributed by atoms with Crippen LogP contribution < -0.4 is 11.1 Å². The molecule has 0 radical (unpaired) electrons. The first kappa shape index (κ1) is 13.5. The Morgan fingerprint density at radius 2 is 2.24 bits per heavy atom. The van der Waals surface area contributed by atoms with Crippen molar-refractivity contribution in [1.29, 1.82) is 0 Å². The molecule has 1 atom stereocenters. The maximum absolute atomic E-state index is 13.2. The van der Waals surface area contributed by atoms with Crippen molar-refractivity contribution in [2.24, 2.45) is 5.73 Å². The molecule has 0 bridgehead atoms. The zero-order valence-corrected chi connectivity index (χ0v) is 9.37. The van der Waals surface area contributed by atoms with E-state index in [0.29, 0.717) is 6.07 Å². The Morgan fingerprint density at radius 1 is 1.53 bits per heavy atom. The molecule has 17 heavy (non-hydrogen) atoms. The third kappa shape index (κ3) is 4.08. The topological polar surface area (TPSA) is 64.3 Å². The van der Waals surface area contributed by atoms with E-state index in [-0.39, 0.29) is 18.7 Å². The van der Waals surface area contributed by atoms with Gasteiger partial charge in [-0.15, -0.1) is 0 Å². The lowest BCUT2D eigenvalue weighted by molar-refractivity contribution is -0.118. The summed E-state index contributed by atoms with van der Waals surface area (Å²) < 4.78 is 30.7. The maximum Gasteiger partial charge on any atom is 0.227 e. The number of rotatable bonds is 5. The normalized spacial score (nSPS) is 12.2. The minimum absolute atomic E-state index is 0.0177. The molecule has 1 rings (SSSR count). The van der Waals surface area contributed by atoms with Crippen LogP contribution in [0, 0.1) is 11.6 Å². The van der Waals surface area contributed by atoms with Gasteiger partial charge in [0.1, 0.15) is 11.6 Å². The van der Waals surface area contributed by atoms with Gasteiger partial charge in [-0.3, -0.25) is 4.79 Å². The Kier molecular flexibility index (Phi) is 4.99. The van der Waals surface area contributed by atoms with E-state index in [1.807, 2.05) is 0 Å². The summed E-state index contributed by atoms with van der Waals surface area (Å²) >= 11 is 0. The van der Waals surface area contributed by atoms with E-state index in [4.69, 9.17) is 10.5 Å². The molecule has 0 aliphatic carbocycles. The quantitative estimate of drug-likeness (QED) is 0.819. The smallest absolute Gasteiger partial charge is 0.227 e. The number of anilines is 1. The average molecular weight is 244 g/mol. The number of methoxy groups -OCH3 is 1. The van der Waals surface area contributed by atoms with Crippen LogP contribution in [0.5, 0.6) is 0 Å². The molecule has 1 aromatic carbocycles. The maximum atomic E-state index is 13.2. The predicted octanol–water partition coefficient (Wildman–Crippen LogP) is 1.27. The van der Waals surface area contributed by atoms with Crippen LogP contribution in [0.2, 0.25) is 0 Å². The molecule has 0 fully saturated rings. The van der Waals surface area contributed by atoms with Crippen molar-refractivity contribution in [2.45, 2.75) is 12.5 Å². The van der Waals surface area contributed by atoms with Crippen LogP contribution in [0.4, 0.5) is 14.5 Å². The zero-order valence-electron chi connectivity index (χ0n) is 9.37. The van der Waals surface area contributed by atoms with Gasteiger partial charge < -0.3 is 15.8 Å². The van der Waals surface area contributed by atoms with Crippen LogP contribution in [0.1, 0.15) is 6.42 Å². The molecule has 1 aromatic rings. The number of benzene rings is 1. The lowest BCUT2D eigenvalue weighted by Crippen LogP contribution is -2.28. The zero-order chi connectivity index (χ0) is 12.8. The molecule has 94 valence electrons. The van der Waals surface area contributed by atoms with Crippen molar-refractivity contribution in [3.8, 4) is 0 Å². The highest BCUT2D eigenvalue weighted by Crippen LogP contribution is 2.15. The van der Waals surface area contributed by atoms with E-state index >= 15 is 0 Å². The number of ether oxygens (including phenoxy) is 1. The van der Waals surface area contributed by atoms with Gasteiger partial charge in [0.15, 0.2) is 0 Å². The molecule has 0 saturated carbocycles. The van der Waals surface area contributed by atoms with Crippen LogP contribution >= 0.6 is 0 Å². The van der Waals surface area contributed by atoms with Gasteiger partial charge in [-0.2, -0.15) is 0 Å². The fraction of sp³-hybridized carbons (Fsp3) is 0.364. The molecule has 1 amide bonds. The van der Waals surface area contributed by atoms with Gasteiger partial charge in [0.05, 0.1) is 18.2 Å². The highest BCUT2D eigenvalue weighted by molar-refractivity contribution is 5.91. The molecule has 3 N–H and O–H groups in total. The summed E-state index contributed by atoms with van der Waals surface area (Å²) in [6.45, 7) is 0.190. The second-order valence-corrected chi connectivity index (χ2v) is 3.47. The molecule has 0 aliphatic heterocycles. The number of hydrogen-bond donors (Lipinski definition) is 2. The predicted molar refractivity (Wildman–Crippen MR) is 59.5 cm³/mol. The lowest BCUT2D eigenvalue weighted by Gasteiger charge is -2.12. The van der Waals surface area contributed by atoms with E-state index in [0.717, 1.165) is 12.1 Å². The van der Waals surface area contributed by atoms with Gasteiger partial charge in [-0.05, 0) is 12.1 Å². The molecule has 0 aliphatic rings. The van der Waals surface area contributed by atoms with Crippen molar-refractivity contribution in [3.63, 3.8) is 0 Å². The first-order valence-corrected chi connectivity index (χ1v) is 5.04. The summed E-state index contributed by atoms with van der Waals surface area (Å²) in [7, 11) is 1.43. The fourth-order valence-corrected chi connectivity index (χ4v) is 1.26. The second kappa shape index (κ2) is 6.27. The summed E-state index contributed by atoms with van der Waals surface area (Å²) in [5, 5.41) is 2.32. The Bertz CT molecular complexity index is 395. The average Bonchev–Trinajstić information content (AvgIpc) is 2.29. The summed E-state index contributed by atoms with van der Waals surface area (Å²) in [6, 6.07) is 2.93. The van der Waals surface area contributed by atoms with Crippen molar-refractivity contribution in [1.82, 2.24) is 0 Å². The molecule has 0 heterocycles. The van der Waals surface area contributed by atoms with Gasteiger partial charge in [-0.1, -0.05) is 0 Å².